The van der Waals surface area contributed by atoms with E-state index in [2.05, 4.69) is 0 Å². The number of carbonyl (C=O) groups excluding carboxylic acids is 1. The number of halogens is 2. The predicted molar refractivity (Wildman–Crippen MR) is 103 cm³/mol. The molecular formula is C21H24F2O6. The van der Waals surface area contributed by atoms with Crippen LogP contribution in [0.5, 0.6) is 5.75 Å². The van der Waals surface area contributed by atoms with Crippen molar-refractivity contribution in [2.24, 2.45) is 0 Å². The van der Waals surface area contributed by atoms with Gasteiger partial charge in [-0.25, -0.2) is 13.6 Å². The fourth-order valence-corrected chi connectivity index (χ4v) is 2.29. The van der Waals surface area contributed by atoms with Crippen molar-refractivity contribution >= 4 is 11.8 Å². The summed E-state index contributed by atoms with van der Waals surface area (Å²) >= 11 is 0. The summed E-state index contributed by atoms with van der Waals surface area (Å²) < 4.78 is 38.8. The van der Waals surface area contributed by atoms with Crippen molar-refractivity contribution in [2.45, 2.75) is 26.9 Å². The van der Waals surface area contributed by atoms with Gasteiger partial charge >= 0.3 is 5.97 Å². The molecule has 0 aliphatic rings. The number of rotatable bonds is 9. The molecule has 0 aromatic heterocycles. The second-order valence-electron chi connectivity index (χ2n) is 6.56. The van der Waals surface area contributed by atoms with Gasteiger partial charge in [0.2, 0.25) is 0 Å². The average Bonchev–Trinajstić information content (AvgIpc) is 2.67. The number of carboxylic acid groups (broad SMARTS) is 1. The molecule has 2 rings (SSSR count). The molecule has 8 heteroatoms. The fourth-order valence-electron chi connectivity index (χ4n) is 2.29. The minimum Gasteiger partial charge on any atom is -0.490 e. The number of benzene rings is 2. The van der Waals surface area contributed by atoms with Crippen molar-refractivity contribution in [3.63, 3.8) is 0 Å². The number of aliphatic hydroxyl groups excluding tert-OH is 1. The van der Waals surface area contributed by atoms with Crippen LogP contribution in [0, 0.1) is 11.6 Å². The van der Waals surface area contributed by atoms with Gasteiger partial charge in [-0.05, 0) is 38.1 Å². The number of hydrogen-bond donors (Lipinski definition) is 2. The maximum atomic E-state index is 14.3. The van der Waals surface area contributed by atoms with Gasteiger partial charge in [0.25, 0.3) is 0 Å². The largest absolute Gasteiger partial charge is 0.490 e. The highest BCUT2D eigenvalue weighted by atomic mass is 19.2. The summed E-state index contributed by atoms with van der Waals surface area (Å²) in [5.41, 5.74) is -1.44. The molecular weight excluding hydrogens is 386 g/mol. The third-order valence-electron chi connectivity index (χ3n) is 3.89. The van der Waals surface area contributed by atoms with Crippen LogP contribution in [-0.2, 0) is 4.74 Å². The van der Waals surface area contributed by atoms with Crippen molar-refractivity contribution in [2.75, 3.05) is 19.8 Å². The van der Waals surface area contributed by atoms with Gasteiger partial charge in [-0.15, -0.1) is 0 Å². The molecule has 0 atom stereocenters. The second-order valence-corrected chi connectivity index (χ2v) is 6.56. The van der Waals surface area contributed by atoms with Gasteiger partial charge in [-0.2, -0.15) is 0 Å². The molecule has 2 aromatic carbocycles. The molecule has 0 radical (unpaired) electrons. The van der Waals surface area contributed by atoms with Gasteiger partial charge in [0, 0.05) is 5.56 Å². The lowest BCUT2D eigenvalue weighted by molar-refractivity contribution is -0.0618. The highest BCUT2D eigenvalue weighted by Crippen LogP contribution is 2.27. The van der Waals surface area contributed by atoms with Gasteiger partial charge in [-0.1, -0.05) is 19.6 Å². The Labute approximate surface area is 167 Å². The monoisotopic (exact) mass is 410 g/mol. The molecule has 0 amide bonds. The number of ketones is 1. The maximum Gasteiger partial charge on any atom is 0.335 e. The van der Waals surface area contributed by atoms with Crippen LogP contribution in [0.25, 0.3) is 0 Å². The highest BCUT2D eigenvalue weighted by Gasteiger charge is 2.23. The van der Waals surface area contributed by atoms with Gasteiger partial charge in [-0.3, -0.25) is 4.79 Å². The summed E-state index contributed by atoms with van der Waals surface area (Å²) in [7, 11) is 0. The van der Waals surface area contributed by atoms with E-state index in [0.717, 1.165) is 12.1 Å². The maximum absolute atomic E-state index is 14.3. The summed E-state index contributed by atoms with van der Waals surface area (Å²) in [6.45, 7) is 3.11. The third kappa shape index (κ3) is 6.07. The summed E-state index contributed by atoms with van der Waals surface area (Å²) in [4.78, 5) is 23.6. The highest BCUT2D eigenvalue weighted by molar-refractivity contribution is 6.11. The number of carbonyl (C=O) groups is 2. The zero-order chi connectivity index (χ0) is 20.9. The molecule has 0 unspecified atom stereocenters. The first-order valence-electron chi connectivity index (χ1n) is 8.40. The quantitative estimate of drug-likeness (QED) is 0.484. The van der Waals surface area contributed by atoms with Gasteiger partial charge in [0.1, 0.15) is 17.9 Å². The van der Waals surface area contributed by atoms with E-state index in [1.54, 1.807) is 13.8 Å². The van der Waals surface area contributed by atoms with Crippen LogP contribution in [0.4, 0.5) is 8.78 Å². The first-order chi connectivity index (χ1) is 13.2. The first kappa shape index (κ1) is 24.2. The van der Waals surface area contributed by atoms with E-state index >= 15 is 0 Å². The first-order valence-corrected chi connectivity index (χ1v) is 8.40. The Bertz CT molecular complexity index is 862. The van der Waals surface area contributed by atoms with Crippen LogP contribution in [0.3, 0.4) is 0 Å². The molecule has 0 fully saturated rings. The van der Waals surface area contributed by atoms with Gasteiger partial charge in [0.15, 0.2) is 17.4 Å². The van der Waals surface area contributed by atoms with Crippen LogP contribution in [0.2, 0.25) is 0 Å². The van der Waals surface area contributed by atoms with Crippen LogP contribution >= 0.6 is 0 Å². The number of carboxylic acids is 1. The van der Waals surface area contributed by atoms with Crippen molar-refractivity contribution in [3.05, 3.63) is 64.7 Å². The van der Waals surface area contributed by atoms with E-state index in [0.29, 0.717) is 0 Å². The normalized spacial score (nSPS) is 10.9. The Balaban J connectivity index is 0.00000420. The number of aromatic carboxylic acids is 1. The van der Waals surface area contributed by atoms with Crippen molar-refractivity contribution in [1.29, 1.82) is 0 Å². The van der Waals surface area contributed by atoms with Gasteiger partial charge in [0.05, 0.1) is 24.4 Å². The average molecular weight is 410 g/mol. The molecule has 0 aliphatic carbocycles. The second kappa shape index (κ2) is 10.1. The van der Waals surface area contributed by atoms with Crippen LogP contribution in [0.1, 0.15) is 47.6 Å². The lowest BCUT2D eigenvalue weighted by Crippen LogP contribution is -2.30. The molecule has 2 aromatic rings. The summed E-state index contributed by atoms with van der Waals surface area (Å²) in [5.74, 6) is -4.76. The zero-order valence-electron chi connectivity index (χ0n) is 15.4. The molecule has 0 spiro atoms. The van der Waals surface area contributed by atoms with E-state index in [1.807, 2.05) is 0 Å². The van der Waals surface area contributed by atoms with E-state index in [9.17, 15) is 18.4 Å². The molecule has 0 heterocycles. The van der Waals surface area contributed by atoms with E-state index in [1.165, 1.54) is 24.3 Å². The number of aliphatic hydroxyl groups is 1. The molecule has 0 saturated heterocycles. The molecule has 6 nitrogen and oxygen atoms in total. The third-order valence-corrected chi connectivity index (χ3v) is 3.89. The number of ether oxygens (including phenoxy) is 2. The molecule has 158 valence electrons. The summed E-state index contributed by atoms with van der Waals surface area (Å²) in [6.07, 6.45) is 0. The SMILES string of the molecule is C.CC(C)(CO)OCCOc1ccc(F)c(F)c1C(=O)c1ccc(C(=O)O)cc1. The summed E-state index contributed by atoms with van der Waals surface area (Å²) in [6, 6.07) is 6.79. The predicted octanol–water partition coefficient (Wildman–Crippen LogP) is 3.70. The van der Waals surface area contributed by atoms with Crippen molar-refractivity contribution in [1.82, 2.24) is 0 Å². The molecule has 29 heavy (non-hydrogen) atoms. The smallest absolute Gasteiger partial charge is 0.335 e. The minimum atomic E-state index is -1.36. The van der Waals surface area contributed by atoms with Crippen LogP contribution in [-0.4, -0.2) is 47.4 Å². The molecule has 0 bridgehead atoms. The molecule has 2 N–H and O–H groups in total. The van der Waals surface area contributed by atoms with Crippen molar-refractivity contribution in [3.8, 4) is 5.75 Å². The Morgan fingerprint density at radius 3 is 2.14 bits per heavy atom. The van der Waals surface area contributed by atoms with E-state index in [-0.39, 0.29) is 44.1 Å². The van der Waals surface area contributed by atoms with Crippen molar-refractivity contribution < 1.29 is 38.1 Å². The Morgan fingerprint density at radius 1 is 1.00 bits per heavy atom. The van der Waals surface area contributed by atoms with Crippen LogP contribution < -0.4 is 4.74 Å². The standard InChI is InChI=1S/C20H20F2O6.CH4/c1-20(2,11-23)28-10-9-27-15-8-7-14(21)17(22)16(15)18(24)12-3-5-13(6-4-12)19(25)26;/h3-8,23H,9-11H2,1-2H3,(H,25,26);1H4. The minimum absolute atomic E-state index is 0. The Morgan fingerprint density at radius 2 is 1.59 bits per heavy atom. The molecule has 0 aliphatic heterocycles. The Hall–Kier alpha value is -2.84. The van der Waals surface area contributed by atoms with Crippen LogP contribution in [0.15, 0.2) is 36.4 Å². The molecule has 0 saturated carbocycles. The lowest BCUT2D eigenvalue weighted by Gasteiger charge is -2.22. The van der Waals surface area contributed by atoms with E-state index < -0.39 is 34.6 Å². The topological polar surface area (TPSA) is 93.1 Å². The van der Waals surface area contributed by atoms with Gasteiger partial charge < -0.3 is 19.7 Å². The zero-order valence-corrected chi connectivity index (χ0v) is 15.4. The number of hydrogen-bond acceptors (Lipinski definition) is 5. The summed E-state index contributed by atoms with van der Waals surface area (Å²) in [5, 5.41) is 18.0. The lowest BCUT2D eigenvalue weighted by atomic mass is 10.0. The fraction of sp³-hybridized carbons (Fsp3) is 0.333. The Kier molecular flexibility index (Phi) is 8.42. The van der Waals surface area contributed by atoms with E-state index in [4.69, 9.17) is 19.7 Å².